The van der Waals surface area contributed by atoms with E-state index in [1.165, 1.54) is 16.5 Å². The Hall–Kier alpha value is -2.29. The summed E-state index contributed by atoms with van der Waals surface area (Å²) in [5.74, 6) is 0. The first-order valence-electron chi connectivity index (χ1n) is 6.51. The fourth-order valence-electron chi connectivity index (χ4n) is 2.43. The molecule has 1 aromatic carbocycles. The number of anilines is 1. The van der Waals surface area contributed by atoms with Crippen LogP contribution >= 0.6 is 0 Å². The van der Waals surface area contributed by atoms with Gasteiger partial charge in [-0.1, -0.05) is 18.2 Å². The summed E-state index contributed by atoms with van der Waals surface area (Å²) in [6, 6.07) is 12.5. The summed E-state index contributed by atoms with van der Waals surface area (Å²) >= 11 is 0. The van der Waals surface area contributed by atoms with Crippen molar-refractivity contribution in [2.75, 3.05) is 11.9 Å². The van der Waals surface area contributed by atoms with Crippen molar-refractivity contribution in [3.63, 3.8) is 0 Å². The maximum absolute atomic E-state index is 4.10. The molecule has 2 heterocycles. The second-order valence-corrected chi connectivity index (χ2v) is 4.70. The quantitative estimate of drug-likeness (QED) is 0.771. The molecule has 19 heavy (non-hydrogen) atoms. The molecule has 0 amide bonds. The first kappa shape index (κ1) is 11.8. The van der Waals surface area contributed by atoms with Gasteiger partial charge in [-0.05, 0) is 30.2 Å². The highest BCUT2D eigenvalue weighted by Gasteiger charge is 2.05. The van der Waals surface area contributed by atoms with E-state index in [-0.39, 0.29) is 0 Å². The van der Waals surface area contributed by atoms with Crippen LogP contribution in [0.3, 0.4) is 0 Å². The van der Waals surface area contributed by atoms with Crippen LogP contribution in [-0.4, -0.2) is 16.1 Å². The Balaban J connectivity index is 1.72. The molecule has 3 heteroatoms. The SMILES string of the molecule is Cn1cc(CCNc2cccnc2)c2ccccc21. The maximum atomic E-state index is 4.10. The first-order chi connectivity index (χ1) is 9.34. The number of pyridine rings is 1. The Kier molecular flexibility index (Phi) is 3.19. The molecule has 3 rings (SSSR count). The van der Waals surface area contributed by atoms with Gasteiger partial charge >= 0.3 is 0 Å². The summed E-state index contributed by atoms with van der Waals surface area (Å²) in [5.41, 5.74) is 3.75. The van der Waals surface area contributed by atoms with Crippen molar-refractivity contribution < 1.29 is 0 Å². The summed E-state index contributed by atoms with van der Waals surface area (Å²) < 4.78 is 2.19. The van der Waals surface area contributed by atoms with Crippen molar-refractivity contribution in [1.82, 2.24) is 9.55 Å². The van der Waals surface area contributed by atoms with Gasteiger partial charge in [-0.15, -0.1) is 0 Å². The van der Waals surface area contributed by atoms with Crippen LogP contribution in [0.25, 0.3) is 10.9 Å². The Labute approximate surface area is 112 Å². The molecule has 0 spiro atoms. The number of aromatic nitrogens is 2. The Morgan fingerprint density at radius 3 is 2.89 bits per heavy atom. The first-order valence-corrected chi connectivity index (χ1v) is 6.51. The van der Waals surface area contributed by atoms with Crippen LogP contribution in [0.5, 0.6) is 0 Å². The van der Waals surface area contributed by atoms with Crippen molar-refractivity contribution in [3.8, 4) is 0 Å². The van der Waals surface area contributed by atoms with E-state index in [0.717, 1.165) is 18.7 Å². The predicted octanol–water partition coefficient (Wildman–Crippen LogP) is 3.23. The Morgan fingerprint density at radius 1 is 1.16 bits per heavy atom. The zero-order chi connectivity index (χ0) is 13.1. The highest BCUT2D eigenvalue weighted by Crippen LogP contribution is 2.20. The standard InChI is InChI=1S/C16H17N3/c1-19-12-13(15-6-2-3-7-16(15)19)8-10-18-14-5-4-9-17-11-14/h2-7,9,11-12,18H,8,10H2,1H3. The third kappa shape index (κ3) is 2.45. The molecule has 1 N–H and O–H groups in total. The molecule has 96 valence electrons. The van der Waals surface area contributed by atoms with Crippen LogP contribution in [0.1, 0.15) is 5.56 Å². The van der Waals surface area contributed by atoms with Crippen molar-refractivity contribution in [1.29, 1.82) is 0 Å². The summed E-state index contributed by atoms with van der Waals surface area (Å²) in [6.45, 7) is 0.916. The van der Waals surface area contributed by atoms with E-state index in [9.17, 15) is 0 Å². The molecular weight excluding hydrogens is 234 g/mol. The fourth-order valence-corrected chi connectivity index (χ4v) is 2.43. The highest BCUT2D eigenvalue weighted by molar-refractivity contribution is 5.83. The van der Waals surface area contributed by atoms with Gasteiger partial charge in [0.25, 0.3) is 0 Å². The van der Waals surface area contributed by atoms with Gasteiger partial charge in [-0.2, -0.15) is 0 Å². The van der Waals surface area contributed by atoms with E-state index in [4.69, 9.17) is 0 Å². The molecule has 2 aromatic heterocycles. The summed E-state index contributed by atoms with van der Waals surface area (Å²) in [6.07, 6.45) is 6.87. The van der Waals surface area contributed by atoms with Crippen LogP contribution < -0.4 is 5.32 Å². The number of benzene rings is 1. The molecule has 0 fully saturated rings. The largest absolute Gasteiger partial charge is 0.383 e. The number of nitrogens with one attached hydrogen (secondary N) is 1. The van der Waals surface area contributed by atoms with Gasteiger partial charge in [0.15, 0.2) is 0 Å². The van der Waals surface area contributed by atoms with Crippen LogP contribution in [0.4, 0.5) is 5.69 Å². The lowest BCUT2D eigenvalue weighted by Crippen LogP contribution is -2.04. The molecule has 0 aliphatic heterocycles. The average Bonchev–Trinajstić information content (AvgIpc) is 2.78. The number of fused-ring (bicyclic) bond motifs is 1. The van der Waals surface area contributed by atoms with Crippen molar-refractivity contribution in [2.45, 2.75) is 6.42 Å². The van der Waals surface area contributed by atoms with E-state index >= 15 is 0 Å². The number of hydrogen-bond acceptors (Lipinski definition) is 2. The van der Waals surface area contributed by atoms with E-state index in [2.05, 4.69) is 52.4 Å². The molecule has 0 radical (unpaired) electrons. The van der Waals surface area contributed by atoms with Crippen molar-refractivity contribution in [2.24, 2.45) is 7.05 Å². The molecule has 0 bridgehead atoms. The predicted molar refractivity (Wildman–Crippen MR) is 79.3 cm³/mol. The lowest BCUT2D eigenvalue weighted by atomic mass is 10.1. The van der Waals surface area contributed by atoms with Crippen LogP contribution in [0, 0.1) is 0 Å². The topological polar surface area (TPSA) is 29.9 Å². The third-order valence-corrected chi connectivity index (χ3v) is 3.36. The van der Waals surface area contributed by atoms with Crippen LogP contribution in [0.15, 0.2) is 55.0 Å². The number of hydrogen-bond donors (Lipinski definition) is 1. The van der Waals surface area contributed by atoms with Crippen molar-refractivity contribution in [3.05, 3.63) is 60.6 Å². The lowest BCUT2D eigenvalue weighted by molar-refractivity contribution is 0.943. The number of aryl methyl sites for hydroxylation is 1. The van der Waals surface area contributed by atoms with Gasteiger partial charge in [0.1, 0.15) is 0 Å². The minimum Gasteiger partial charge on any atom is -0.383 e. The molecule has 0 saturated carbocycles. The molecule has 3 nitrogen and oxygen atoms in total. The number of para-hydroxylation sites is 1. The van der Waals surface area contributed by atoms with Gasteiger partial charge in [-0.3, -0.25) is 4.98 Å². The number of nitrogens with zero attached hydrogens (tertiary/aromatic N) is 2. The second kappa shape index (κ2) is 5.14. The van der Waals surface area contributed by atoms with Gasteiger partial charge in [0.2, 0.25) is 0 Å². The molecule has 0 atom stereocenters. The highest BCUT2D eigenvalue weighted by atomic mass is 14.9. The molecule has 0 aliphatic rings. The minimum atomic E-state index is 0.916. The Morgan fingerprint density at radius 2 is 2.05 bits per heavy atom. The summed E-state index contributed by atoms with van der Waals surface area (Å²) in [4.78, 5) is 4.10. The van der Waals surface area contributed by atoms with Gasteiger partial charge in [0, 0.05) is 43.1 Å². The van der Waals surface area contributed by atoms with E-state index in [1.54, 1.807) is 6.20 Å². The average molecular weight is 251 g/mol. The molecule has 0 aliphatic carbocycles. The monoisotopic (exact) mass is 251 g/mol. The normalized spacial score (nSPS) is 10.8. The fraction of sp³-hybridized carbons (Fsp3) is 0.188. The lowest BCUT2D eigenvalue weighted by Gasteiger charge is -2.04. The van der Waals surface area contributed by atoms with Gasteiger partial charge < -0.3 is 9.88 Å². The molecule has 0 saturated heterocycles. The minimum absolute atomic E-state index is 0.916. The molecule has 3 aromatic rings. The molecular formula is C16H17N3. The number of rotatable bonds is 4. The second-order valence-electron chi connectivity index (χ2n) is 4.70. The Bertz CT molecular complexity index is 671. The summed E-state index contributed by atoms with van der Waals surface area (Å²) in [5, 5.41) is 4.74. The van der Waals surface area contributed by atoms with E-state index in [0.29, 0.717) is 0 Å². The van der Waals surface area contributed by atoms with E-state index < -0.39 is 0 Å². The zero-order valence-corrected chi connectivity index (χ0v) is 11.0. The summed E-state index contributed by atoms with van der Waals surface area (Å²) in [7, 11) is 2.10. The smallest absolute Gasteiger partial charge is 0.0526 e. The van der Waals surface area contributed by atoms with Crippen LogP contribution in [0.2, 0.25) is 0 Å². The van der Waals surface area contributed by atoms with Gasteiger partial charge in [-0.25, -0.2) is 0 Å². The zero-order valence-electron chi connectivity index (χ0n) is 11.0. The van der Waals surface area contributed by atoms with Crippen molar-refractivity contribution >= 4 is 16.6 Å². The molecule has 0 unspecified atom stereocenters. The van der Waals surface area contributed by atoms with E-state index in [1.807, 2.05) is 18.3 Å². The third-order valence-electron chi connectivity index (χ3n) is 3.36. The maximum Gasteiger partial charge on any atom is 0.0526 e. The van der Waals surface area contributed by atoms with Crippen LogP contribution in [-0.2, 0) is 13.5 Å². The van der Waals surface area contributed by atoms with Gasteiger partial charge in [0.05, 0.1) is 5.69 Å².